The van der Waals surface area contributed by atoms with Crippen molar-refractivity contribution in [2.75, 3.05) is 18.0 Å². The second kappa shape index (κ2) is 6.31. The summed E-state index contributed by atoms with van der Waals surface area (Å²) in [5.41, 5.74) is 1.58. The lowest BCUT2D eigenvalue weighted by atomic mass is 10.0. The number of pyridine rings is 1. The molecule has 0 saturated carbocycles. The molecule has 1 saturated heterocycles. The molecule has 0 spiro atoms. The van der Waals surface area contributed by atoms with Crippen molar-refractivity contribution in [2.24, 2.45) is 0 Å². The molecule has 0 amide bonds. The van der Waals surface area contributed by atoms with E-state index in [9.17, 15) is 13.9 Å². The Morgan fingerprint density at radius 1 is 1.21 bits per heavy atom. The van der Waals surface area contributed by atoms with E-state index in [1.54, 1.807) is 6.07 Å². The minimum atomic E-state index is -0.577. The minimum absolute atomic E-state index is 0.170. The Balaban J connectivity index is 1.85. The average Bonchev–Trinajstić information content (AvgIpc) is 2.77. The molecule has 0 aliphatic carbocycles. The number of anilines is 2. The number of aliphatic hydroxyl groups excluding tert-OH is 1. The fraction of sp³-hybridized carbons (Fsp3) is 0.353. The molecule has 2 atom stereocenters. The number of nitrogens with zero attached hydrogens (tertiary/aromatic N) is 2. The summed E-state index contributed by atoms with van der Waals surface area (Å²) in [6, 6.07) is 5.78. The molecule has 2 aromatic rings. The van der Waals surface area contributed by atoms with Crippen molar-refractivity contribution >= 4 is 23.1 Å². The van der Waals surface area contributed by atoms with E-state index in [0.717, 1.165) is 35.7 Å². The molecule has 0 radical (unpaired) electrons. The molecular formula is C17H17F2N3OS. The molecule has 7 heteroatoms. The van der Waals surface area contributed by atoms with Gasteiger partial charge >= 0.3 is 0 Å². The first-order chi connectivity index (χ1) is 11.6. The Morgan fingerprint density at radius 2 is 2.04 bits per heavy atom. The Bertz CT molecular complexity index is 722. The zero-order valence-corrected chi connectivity index (χ0v) is 13.7. The highest BCUT2D eigenvalue weighted by atomic mass is 32.2. The Morgan fingerprint density at radius 3 is 2.92 bits per heavy atom. The minimum Gasteiger partial charge on any atom is -0.390 e. The van der Waals surface area contributed by atoms with Crippen LogP contribution in [-0.2, 0) is 0 Å². The van der Waals surface area contributed by atoms with Crippen LogP contribution in [0.15, 0.2) is 40.3 Å². The van der Waals surface area contributed by atoms with Gasteiger partial charge in [0.1, 0.15) is 5.82 Å². The Kier molecular flexibility index (Phi) is 4.15. The highest BCUT2D eigenvalue weighted by molar-refractivity contribution is 7.99. The van der Waals surface area contributed by atoms with Gasteiger partial charge in [-0.25, -0.2) is 9.37 Å². The summed E-state index contributed by atoms with van der Waals surface area (Å²) < 4.78 is 27.3. The van der Waals surface area contributed by atoms with Crippen LogP contribution in [0.4, 0.5) is 20.2 Å². The molecule has 1 fully saturated rings. The summed E-state index contributed by atoms with van der Waals surface area (Å²) in [4.78, 5) is 7.18. The van der Waals surface area contributed by atoms with Gasteiger partial charge in [-0.15, -0.1) is 0 Å². The normalized spacial score (nSPS) is 23.4. The zero-order chi connectivity index (χ0) is 16.7. The van der Waals surface area contributed by atoms with Crippen molar-refractivity contribution in [2.45, 2.75) is 34.8 Å². The number of hydrogen-bond donors (Lipinski definition) is 2. The maximum atomic E-state index is 13.7. The van der Waals surface area contributed by atoms with E-state index >= 15 is 0 Å². The monoisotopic (exact) mass is 349 g/mol. The second-order valence-electron chi connectivity index (χ2n) is 6.04. The van der Waals surface area contributed by atoms with Gasteiger partial charge in [-0.3, -0.25) is 0 Å². The van der Waals surface area contributed by atoms with Crippen molar-refractivity contribution in [3.8, 4) is 0 Å². The molecule has 2 N–H and O–H groups in total. The first-order valence-corrected chi connectivity index (χ1v) is 8.76. The van der Waals surface area contributed by atoms with E-state index in [1.165, 1.54) is 36.2 Å². The number of β-amino-alcohol motifs (C(OH)–C–C–N with tert-alkyl or cyclic N) is 1. The number of aromatic nitrogens is 1. The molecule has 2 aliphatic heterocycles. The predicted octanol–water partition coefficient (Wildman–Crippen LogP) is 3.08. The lowest BCUT2D eigenvalue weighted by molar-refractivity contribution is 0.147. The van der Waals surface area contributed by atoms with E-state index < -0.39 is 12.1 Å². The maximum absolute atomic E-state index is 13.7. The number of rotatable bonds is 1. The van der Waals surface area contributed by atoms with E-state index in [1.807, 2.05) is 4.90 Å². The number of benzene rings is 1. The molecule has 3 heterocycles. The van der Waals surface area contributed by atoms with Crippen LogP contribution in [0.1, 0.15) is 12.8 Å². The predicted molar refractivity (Wildman–Crippen MR) is 88.8 cm³/mol. The van der Waals surface area contributed by atoms with Gasteiger partial charge in [0, 0.05) is 22.4 Å². The van der Waals surface area contributed by atoms with Crippen molar-refractivity contribution in [3.05, 3.63) is 42.2 Å². The third-order valence-corrected chi connectivity index (χ3v) is 5.55. The third kappa shape index (κ3) is 2.76. The highest BCUT2D eigenvalue weighted by Crippen LogP contribution is 2.49. The molecule has 1 aromatic carbocycles. The Labute approximate surface area is 142 Å². The van der Waals surface area contributed by atoms with Crippen molar-refractivity contribution < 1.29 is 13.9 Å². The second-order valence-corrected chi connectivity index (χ2v) is 7.12. The van der Waals surface area contributed by atoms with Crippen LogP contribution >= 0.6 is 11.8 Å². The first-order valence-electron chi connectivity index (χ1n) is 7.94. The Hall–Kier alpha value is -1.70. The molecular weight excluding hydrogens is 332 g/mol. The van der Waals surface area contributed by atoms with Gasteiger partial charge in [-0.1, -0.05) is 11.8 Å². The standard InChI is InChI=1S/C17H17F2N3OS/c18-10-3-4-12-15(6-10)24-16-7-17(19)21-8-13(16)22(12)11-2-1-5-20-9-14(11)23/h3-4,6-8,11,14,20,23H,1-2,5,9H2/t11-,14-/m0/s1. The summed E-state index contributed by atoms with van der Waals surface area (Å²) in [5, 5.41) is 13.8. The number of halogens is 2. The maximum Gasteiger partial charge on any atom is 0.214 e. The summed E-state index contributed by atoms with van der Waals surface area (Å²) in [7, 11) is 0. The molecule has 0 bridgehead atoms. The van der Waals surface area contributed by atoms with E-state index in [0.29, 0.717) is 11.4 Å². The largest absolute Gasteiger partial charge is 0.390 e. The van der Waals surface area contributed by atoms with Gasteiger partial charge in [0.25, 0.3) is 0 Å². The molecule has 4 rings (SSSR count). The lowest BCUT2D eigenvalue weighted by Crippen LogP contribution is -2.44. The molecule has 1 aromatic heterocycles. The highest BCUT2D eigenvalue weighted by Gasteiger charge is 2.34. The van der Waals surface area contributed by atoms with Crippen LogP contribution < -0.4 is 10.2 Å². The van der Waals surface area contributed by atoms with Crippen LogP contribution in [0, 0.1) is 11.8 Å². The van der Waals surface area contributed by atoms with E-state index in [-0.39, 0.29) is 11.9 Å². The molecule has 4 nitrogen and oxygen atoms in total. The summed E-state index contributed by atoms with van der Waals surface area (Å²) in [5.74, 6) is -0.897. The topological polar surface area (TPSA) is 48.4 Å². The number of aliphatic hydroxyl groups is 1. The fourth-order valence-electron chi connectivity index (χ4n) is 3.36. The lowest BCUT2D eigenvalue weighted by Gasteiger charge is -2.40. The molecule has 126 valence electrons. The van der Waals surface area contributed by atoms with Gasteiger partial charge in [-0.2, -0.15) is 4.39 Å². The number of hydrogen-bond acceptors (Lipinski definition) is 5. The van der Waals surface area contributed by atoms with Crippen LogP contribution in [-0.4, -0.2) is 35.3 Å². The zero-order valence-electron chi connectivity index (χ0n) is 12.9. The molecule has 0 unspecified atom stereocenters. The van der Waals surface area contributed by atoms with Gasteiger partial charge in [-0.05, 0) is 37.6 Å². The molecule has 24 heavy (non-hydrogen) atoms. The smallest absolute Gasteiger partial charge is 0.214 e. The van der Waals surface area contributed by atoms with Gasteiger partial charge in [0.05, 0.1) is 29.7 Å². The van der Waals surface area contributed by atoms with Crippen molar-refractivity contribution in [3.63, 3.8) is 0 Å². The third-order valence-electron chi connectivity index (χ3n) is 4.46. The van der Waals surface area contributed by atoms with E-state index in [4.69, 9.17) is 0 Å². The van der Waals surface area contributed by atoms with E-state index in [2.05, 4.69) is 10.3 Å². The van der Waals surface area contributed by atoms with Crippen LogP contribution in [0.2, 0.25) is 0 Å². The number of fused-ring (bicyclic) bond motifs is 2. The SMILES string of the molecule is O[C@H]1CNCCC[C@@H]1N1c2ccc(F)cc2Sc2cc(F)ncc21. The van der Waals surface area contributed by atoms with Gasteiger partial charge in [0.15, 0.2) is 0 Å². The fourth-order valence-corrected chi connectivity index (χ4v) is 4.45. The summed E-state index contributed by atoms with van der Waals surface area (Å²) in [6.07, 6.45) is 2.62. The van der Waals surface area contributed by atoms with Gasteiger partial charge < -0.3 is 15.3 Å². The van der Waals surface area contributed by atoms with Crippen LogP contribution in [0.5, 0.6) is 0 Å². The van der Waals surface area contributed by atoms with Crippen LogP contribution in [0.25, 0.3) is 0 Å². The average molecular weight is 349 g/mol. The van der Waals surface area contributed by atoms with Crippen LogP contribution in [0.3, 0.4) is 0 Å². The summed E-state index contributed by atoms with van der Waals surface area (Å²) in [6.45, 7) is 1.34. The number of nitrogens with one attached hydrogen (secondary N) is 1. The van der Waals surface area contributed by atoms with Crippen molar-refractivity contribution in [1.82, 2.24) is 10.3 Å². The first kappa shape index (κ1) is 15.8. The summed E-state index contributed by atoms with van der Waals surface area (Å²) >= 11 is 1.33. The molecule has 2 aliphatic rings. The quantitative estimate of drug-likeness (QED) is 0.775. The van der Waals surface area contributed by atoms with Crippen molar-refractivity contribution in [1.29, 1.82) is 0 Å². The van der Waals surface area contributed by atoms with Gasteiger partial charge in [0.2, 0.25) is 5.95 Å².